The molecule has 2 unspecified atom stereocenters. The largest absolute Gasteiger partial charge is 1.00 e. The van der Waals surface area contributed by atoms with E-state index in [2.05, 4.69) is 13.8 Å². The Morgan fingerprint density at radius 1 is 1.56 bits per heavy atom. The molecular formula is C7H16BrN. The minimum absolute atomic E-state index is 0. The molecule has 1 aliphatic rings. The highest BCUT2D eigenvalue weighted by Crippen LogP contribution is 1.99. The van der Waals surface area contributed by atoms with Crippen LogP contribution in [0.5, 0.6) is 0 Å². The van der Waals surface area contributed by atoms with Gasteiger partial charge in [-0.2, -0.15) is 0 Å². The topological polar surface area (TPSA) is 4.44 Å². The number of quaternary nitrogens is 1. The van der Waals surface area contributed by atoms with E-state index in [1.165, 1.54) is 26.1 Å². The molecule has 1 rings (SSSR count). The number of nitrogens with one attached hydrogen (secondary N) is 1. The van der Waals surface area contributed by atoms with Crippen LogP contribution in [0.2, 0.25) is 0 Å². The third-order valence-corrected chi connectivity index (χ3v) is 2.13. The van der Waals surface area contributed by atoms with Gasteiger partial charge < -0.3 is 21.9 Å². The van der Waals surface area contributed by atoms with E-state index >= 15 is 0 Å². The summed E-state index contributed by atoms with van der Waals surface area (Å²) in [6.45, 7) is 8.77. The second-order valence-electron chi connectivity index (χ2n) is 2.95. The van der Waals surface area contributed by atoms with Crippen molar-refractivity contribution in [3.05, 3.63) is 0 Å². The molecule has 0 bridgehead atoms. The zero-order valence-corrected chi connectivity index (χ0v) is 7.87. The van der Waals surface area contributed by atoms with Gasteiger partial charge in [0, 0.05) is 12.3 Å². The number of likely N-dealkylation sites (tertiary alicyclic amines) is 1. The maximum absolute atomic E-state index is 2.35. The van der Waals surface area contributed by atoms with Crippen LogP contribution in [-0.4, -0.2) is 19.6 Å². The van der Waals surface area contributed by atoms with Crippen LogP contribution in [-0.2, 0) is 0 Å². The van der Waals surface area contributed by atoms with Crippen molar-refractivity contribution in [3.8, 4) is 0 Å². The Kier molecular flexibility index (Phi) is 4.50. The minimum Gasteiger partial charge on any atom is -1.00 e. The molecule has 0 aromatic heterocycles. The summed E-state index contributed by atoms with van der Waals surface area (Å²) in [5.74, 6) is 0.991. The Bertz CT molecular complexity index is 75.3. The summed E-state index contributed by atoms with van der Waals surface area (Å²) in [6, 6.07) is 0. The van der Waals surface area contributed by atoms with Crippen molar-refractivity contribution < 1.29 is 21.9 Å². The fourth-order valence-corrected chi connectivity index (χ4v) is 1.47. The van der Waals surface area contributed by atoms with Gasteiger partial charge in [-0.05, 0) is 6.92 Å². The summed E-state index contributed by atoms with van der Waals surface area (Å²) in [5, 5.41) is 0. The molecule has 0 aromatic carbocycles. The summed E-state index contributed by atoms with van der Waals surface area (Å²) < 4.78 is 0. The summed E-state index contributed by atoms with van der Waals surface area (Å²) in [6.07, 6.45) is 1.45. The Morgan fingerprint density at radius 3 is 2.44 bits per heavy atom. The summed E-state index contributed by atoms with van der Waals surface area (Å²) in [7, 11) is 0. The van der Waals surface area contributed by atoms with Gasteiger partial charge in [0.2, 0.25) is 0 Å². The first-order valence-electron chi connectivity index (χ1n) is 3.66. The van der Waals surface area contributed by atoms with E-state index in [1.807, 2.05) is 0 Å². The molecule has 56 valence electrons. The van der Waals surface area contributed by atoms with E-state index in [1.54, 1.807) is 4.90 Å². The highest BCUT2D eigenvalue weighted by molar-refractivity contribution is 4.54. The number of hydrogen-bond donors (Lipinski definition) is 1. The molecule has 0 saturated carbocycles. The third kappa shape index (κ3) is 2.67. The van der Waals surface area contributed by atoms with Crippen molar-refractivity contribution in [2.24, 2.45) is 5.92 Å². The fraction of sp³-hybridized carbons (Fsp3) is 1.00. The van der Waals surface area contributed by atoms with Crippen LogP contribution >= 0.6 is 0 Å². The lowest BCUT2D eigenvalue weighted by Crippen LogP contribution is -3.09. The van der Waals surface area contributed by atoms with Crippen molar-refractivity contribution in [3.63, 3.8) is 0 Å². The Morgan fingerprint density at radius 2 is 2.22 bits per heavy atom. The van der Waals surface area contributed by atoms with Gasteiger partial charge in [-0.1, -0.05) is 6.92 Å². The van der Waals surface area contributed by atoms with Gasteiger partial charge in [-0.3, -0.25) is 0 Å². The quantitative estimate of drug-likeness (QED) is 0.452. The molecule has 1 N–H and O–H groups in total. The highest BCUT2D eigenvalue weighted by Gasteiger charge is 2.19. The average molecular weight is 194 g/mol. The first-order chi connectivity index (χ1) is 3.83. The predicted molar refractivity (Wildman–Crippen MR) is 35.0 cm³/mol. The maximum atomic E-state index is 2.35. The average Bonchev–Trinajstić information content (AvgIpc) is 2.14. The number of hydrogen-bond acceptors (Lipinski definition) is 0. The SMILES string of the molecule is CC[NH+]1CCC(C)C1.[Br-]. The van der Waals surface area contributed by atoms with E-state index in [0.29, 0.717) is 0 Å². The summed E-state index contributed by atoms with van der Waals surface area (Å²) in [5.41, 5.74) is 0. The maximum Gasteiger partial charge on any atom is 0.0798 e. The van der Waals surface area contributed by atoms with Crippen LogP contribution in [0.4, 0.5) is 0 Å². The predicted octanol–water partition coefficient (Wildman–Crippen LogP) is -3.06. The molecule has 0 aromatic rings. The normalized spacial score (nSPS) is 34.0. The molecule has 0 amide bonds. The van der Waals surface area contributed by atoms with Gasteiger partial charge in [0.05, 0.1) is 19.6 Å². The first kappa shape index (κ1) is 9.44. The molecule has 0 spiro atoms. The van der Waals surface area contributed by atoms with Crippen molar-refractivity contribution >= 4 is 0 Å². The van der Waals surface area contributed by atoms with Gasteiger partial charge in [0.1, 0.15) is 0 Å². The Hall–Kier alpha value is 0.440. The second-order valence-corrected chi connectivity index (χ2v) is 2.95. The van der Waals surface area contributed by atoms with Crippen molar-refractivity contribution in [1.29, 1.82) is 0 Å². The first-order valence-corrected chi connectivity index (χ1v) is 3.66. The van der Waals surface area contributed by atoms with Crippen LogP contribution < -0.4 is 21.9 Å². The van der Waals surface area contributed by atoms with E-state index in [4.69, 9.17) is 0 Å². The molecule has 2 heteroatoms. The van der Waals surface area contributed by atoms with Gasteiger partial charge >= 0.3 is 0 Å². The molecule has 0 radical (unpaired) electrons. The third-order valence-electron chi connectivity index (χ3n) is 2.13. The summed E-state index contributed by atoms with van der Waals surface area (Å²) in [4.78, 5) is 1.79. The number of halogens is 1. The van der Waals surface area contributed by atoms with Gasteiger partial charge in [-0.15, -0.1) is 0 Å². The standard InChI is InChI=1S/C7H15N.BrH/c1-3-8-5-4-7(2)6-8;/h7H,3-6H2,1-2H3;1H. The van der Waals surface area contributed by atoms with Gasteiger partial charge in [0.25, 0.3) is 0 Å². The smallest absolute Gasteiger partial charge is 0.0798 e. The zero-order chi connectivity index (χ0) is 5.98. The lowest BCUT2D eigenvalue weighted by Gasteiger charge is -2.07. The van der Waals surface area contributed by atoms with Crippen LogP contribution in [0, 0.1) is 5.92 Å². The van der Waals surface area contributed by atoms with Crippen molar-refractivity contribution in [2.75, 3.05) is 19.6 Å². The number of rotatable bonds is 1. The van der Waals surface area contributed by atoms with Crippen LogP contribution in [0.25, 0.3) is 0 Å². The molecule has 1 heterocycles. The van der Waals surface area contributed by atoms with Crippen molar-refractivity contribution in [1.82, 2.24) is 0 Å². The van der Waals surface area contributed by atoms with E-state index in [-0.39, 0.29) is 17.0 Å². The van der Waals surface area contributed by atoms with Crippen LogP contribution in [0.15, 0.2) is 0 Å². The van der Waals surface area contributed by atoms with Crippen molar-refractivity contribution in [2.45, 2.75) is 20.3 Å². The van der Waals surface area contributed by atoms with E-state index in [9.17, 15) is 0 Å². The van der Waals surface area contributed by atoms with Crippen LogP contribution in [0.1, 0.15) is 20.3 Å². The Balaban J connectivity index is 0.000000640. The zero-order valence-electron chi connectivity index (χ0n) is 6.28. The lowest BCUT2D eigenvalue weighted by molar-refractivity contribution is -0.886. The molecule has 1 aliphatic heterocycles. The van der Waals surface area contributed by atoms with E-state index in [0.717, 1.165) is 5.92 Å². The molecule has 1 saturated heterocycles. The molecule has 1 fully saturated rings. The molecule has 0 aliphatic carbocycles. The molecule has 2 atom stereocenters. The van der Waals surface area contributed by atoms with E-state index < -0.39 is 0 Å². The monoisotopic (exact) mass is 193 g/mol. The van der Waals surface area contributed by atoms with Gasteiger partial charge in [-0.25, -0.2) is 0 Å². The van der Waals surface area contributed by atoms with Gasteiger partial charge in [0.15, 0.2) is 0 Å². The molecular weight excluding hydrogens is 178 g/mol. The lowest BCUT2D eigenvalue weighted by atomic mass is 10.2. The fourth-order valence-electron chi connectivity index (χ4n) is 1.47. The minimum atomic E-state index is 0. The summed E-state index contributed by atoms with van der Waals surface area (Å²) >= 11 is 0. The molecule has 9 heavy (non-hydrogen) atoms. The van der Waals surface area contributed by atoms with Crippen LogP contribution in [0.3, 0.4) is 0 Å². The second kappa shape index (κ2) is 4.29. The Labute approximate surface area is 68.2 Å². The highest BCUT2D eigenvalue weighted by atomic mass is 79.9. The molecule has 1 nitrogen and oxygen atoms in total.